The number of aryl methyl sites for hydroxylation is 1. The van der Waals surface area contributed by atoms with Crippen LogP contribution in [-0.4, -0.2) is 30.5 Å². The first-order valence-corrected chi connectivity index (χ1v) is 13.1. The Morgan fingerprint density at radius 3 is 2.48 bits per heavy atom. The lowest BCUT2D eigenvalue weighted by atomic mass is 9.90. The van der Waals surface area contributed by atoms with Crippen LogP contribution in [0.2, 0.25) is 5.02 Å². The third-order valence-corrected chi connectivity index (χ3v) is 7.53. The van der Waals surface area contributed by atoms with Crippen molar-refractivity contribution in [1.29, 1.82) is 5.26 Å². The molecule has 42 heavy (non-hydrogen) atoms. The van der Waals surface area contributed by atoms with Crippen molar-refractivity contribution in [2.75, 3.05) is 6.61 Å². The summed E-state index contributed by atoms with van der Waals surface area (Å²) >= 11 is 6.57. The van der Waals surface area contributed by atoms with Crippen LogP contribution in [0, 0.1) is 28.8 Å². The van der Waals surface area contributed by atoms with Crippen molar-refractivity contribution < 1.29 is 17.9 Å². The van der Waals surface area contributed by atoms with Gasteiger partial charge in [-0.3, -0.25) is 18.6 Å². The lowest BCUT2D eigenvalue weighted by Gasteiger charge is -2.19. The van der Waals surface area contributed by atoms with Gasteiger partial charge < -0.3 is 4.74 Å². The van der Waals surface area contributed by atoms with Crippen molar-refractivity contribution >= 4 is 22.5 Å². The summed E-state index contributed by atoms with van der Waals surface area (Å²) in [5.41, 5.74) is 0.538. The highest BCUT2D eigenvalue weighted by atomic mass is 35.5. The van der Waals surface area contributed by atoms with E-state index in [4.69, 9.17) is 16.3 Å². The largest absolute Gasteiger partial charge is 0.492 e. The second kappa shape index (κ2) is 10.2. The number of aromatic nitrogens is 5. The molecule has 1 unspecified atom stereocenters. The van der Waals surface area contributed by atoms with E-state index in [9.17, 15) is 28.0 Å². The zero-order chi connectivity index (χ0) is 29.9. The SMILES string of the molecule is CC1COc2c1c(-c1cc(C#N)ccc1Cl)cc1c2c(=O)n(Cc2ncn(C)n2)c(=O)n1Cc1cc(F)c(F)c(F)c1. The quantitative estimate of drug-likeness (QED) is 0.278. The highest BCUT2D eigenvalue weighted by molar-refractivity contribution is 6.33. The first-order chi connectivity index (χ1) is 20.1. The fourth-order valence-electron chi connectivity index (χ4n) is 5.28. The highest BCUT2D eigenvalue weighted by Crippen LogP contribution is 2.46. The number of hydrogen-bond donors (Lipinski definition) is 0. The summed E-state index contributed by atoms with van der Waals surface area (Å²) in [5.74, 6) is -4.27. The third kappa shape index (κ3) is 4.42. The normalized spacial score (nSPS) is 14.2. The van der Waals surface area contributed by atoms with Crippen LogP contribution in [0.3, 0.4) is 0 Å². The number of ether oxygens (including phenoxy) is 1. The molecule has 1 aliphatic rings. The molecule has 3 aromatic carbocycles. The average Bonchev–Trinajstić information content (AvgIpc) is 3.56. The molecule has 0 aliphatic carbocycles. The topological polar surface area (TPSA) is 108 Å². The molecule has 9 nitrogen and oxygen atoms in total. The Kier molecular flexibility index (Phi) is 6.62. The first-order valence-electron chi connectivity index (χ1n) is 12.7. The minimum atomic E-state index is -1.64. The highest BCUT2D eigenvalue weighted by Gasteiger charge is 2.31. The second-order valence-electron chi connectivity index (χ2n) is 10.0. The number of rotatable bonds is 5. The van der Waals surface area contributed by atoms with Crippen molar-refractivity contribution in [3.8, 4) is 22.9 Å². The molecule has 0 N–H and O–H groups in total. The lowest BCUT2D eigenvalue weighted by Crippen LogP contribution is -2.41. The van der Waals surface area contributed by atoms with Gasteiger partial charge in [0.2, 0.25) is 0 Å². The number of halogens is 4. The van der Waals surface area contributed by atoms with Gasteiger partial charge in [0.15, 0.2) is 23.3 Å². The van der Waals surface area contributed by atoms with E-state index < -0.39 is 35.2 Å². The fraction of sp³-hybridized carbons (Fsp3) is 0.207. The van der Waals surface area contributed by atoms with E-state index in [1.807, 2.05) is 6.92 Å². The van der Waals surface area contributed by atoms with Crippen LogP contribution in [0.5, 0.6) is 5.75 Å². The van der Waals surface area contributed by atoms with E-state index in [0.717, 1.165) is 21.3 Å². The zero-order valence-corrected chi connectivity index (χ0v) is 22.9. The summed E-state index contributed by atoms with van der Waals surface area (Å²) in [5, 5.41) is 14.1. The molecule has 5 aromatic rings. The minimum absolute atomic E-state index is 0.0585. The van der Waals surface area contributed by atoms with Crippen molar-refractivity contribution in [2.24, 2.45) is 7.05 Å². The molecule has 1 atom stereocenters. The standard InChI is InChI=1S/C29H20ClF3N6O3/c1-14-12-42-27-24(14)18(17-5-15(9-34)3-4-19(17)30)8-22-25(27)28(40)39(11-23-35-13-37(2)36-23)29(41)38(22)10-16-6-20(31)26(33)21(32)7-16/h3-8,13-14H,10-12H2,1-2H3. The smallest absolute Gasteiger partial charge is 0.332 e. The van der Waals surface area contributed by atoms with Crippen molar-refractivity contribution in [2.45, 2.75) is 25.9 Å². The number of hydrogen-bond acceptors (Lipinski definition) is 6. The maximum absolute atomic E-state index is 14.2. The van der Waals surface area contributed by atoms with E-state index in [2.05, 4.69) is 16.2 Å². The summed E-state index contributed by atoms with van der Waals surface area (Å²) in [6.07, 6.45) is 1.41. The van der Waals surface area contributed by atoms with Crippen LogP contribution in [0.15, 0.2) is 52.3 Å². The van der Waals surface area contributed by atoms with Gasteiger partial charge in [-0.2, -0.15) is 10.4 Å². The van der Waals surface area contributed by atoms with Gasteiger partial charge in [0.05, 0.1) is 36.8 Å². The van der Waals surface area contributed by atoms with Crippen LogP contribution in [0.1, 0.15) is 35.4 Å². The molecule has 0 saturated heterocycles. The van der Waals surface area contributed by atoms with Crippen molar-refractivity contribution in [3.63, 3.8) is 0 Å². The summed E-state index contributed by atoms with van der Waals surface area (Å²) < 4.78 is 51.6. The maximum Gasteiger partial charge on any atom is 0.332 e. The zero-order valence-electron chi connectivity index (χ0n) is 22.2. The predicted molar refractivity (Wildman–Crippen MR) is 147 cm³/mol. The number of benzene rings is 3. The summed E-state index contributed by atoms with van der Waals surface area (Å²) in [6.45, 7) is 1.42. The Morgan fingerprint density at radius 2 is 1.81 bits per heavy atom. The molecule has 0 radical (unpaired) electrons. The Labute approximate surface area is 240 Å². The monoisotopic (exact) mass is 592 g/mol. The molecule has 0 bridgehead atoms. The molecule has 3 heterocycles. The average molecular weight is 593 g/mol. The summed E-state index contributed by atoms with van der Waals surface area (Å²) in [7, 11) is 1.63. The van der Waals surface area contributed by atoms with Crippen LogP contribution in [0.4, 0.5) is 13.2 Å². The predicted octanol–water partition coefficient (Wildman–Crippen LogP) is 4.49. The van der Waals surface area contributed by atoms with Gasteiger partial charge in [0.25, 0.3) is 5.56 Å². The Hall–Kier alpha value is -4.89. The van der Waals surface area contributed by atoms with Gasteiger partial charge in [-0.1, -0.05) is 18.5 Å². The van der Waals surface area contributed by atoms with Gasteiger partial charge >= 0.3 is 5.69 Å². The van der Waals surface area contributed by atoms with Gasteiger partial charge in [0, 0.05) is 29.1 Å². The second-order valence-corrected chi connectivity index (χ2v) is 10.5. The molecule has 1 aliphatic heterocycles. The lowest BCUT2D eigenvalue weighted by molar-refractivity contribution is 0.340. The summed E-state index contributed by atoms with van der Waals surface area (Å²) in [4.78, 5) is 32.0. The first kappa shape index (κ1) is 27.3. The number of nitriles is 1. The molecule has 6 rings (SSSR count). The van der Waals surface area contributed by atoms with Gasteiger partial charge in [0.1, 0.15) is 17.5 Å². The molecule has 13 heteroatoms. The van der Waals surface area contributed by atoms with Crippen LogP contribution >= 0.6 is 11.6 Å². The molecule has 0 fully saturated rings. The van der Waals surface area contributed by atoms with E-state index in [1.54, 1.807) is 31.3 Å². The van der Waals surface area contributed by atoms with Crippen molar-refractivity contribution in [1.82, 2.24) is 23.9 Å². The van der Waals surface area contributed by atoms with Gasteiger partial charge in [-0.25, -0.2) is 22.9 Å². The van der Waals surface area contributed by atoms with Crippen LogP contribution in [-0.2, 0) is 20.1 Å². The Morgan fingerprint density at radius 1 is 1.07 bits per heavy atom. The van der Waals surface area contributed by atoms with E-state index in [1.165, 1.54) is 11.0 Å². The molecule has 212 valence electrons. The van der Waals surface area contributed by atoms with Crippen LogP contribution < -0.4 is 16.0 Å². The Balaban J connectivity index is 1.71. The molecule has 0 spiro atoms. The van der Waals surface area contributed by atoms with Crippen molar-refractivity contribution in [3.05, 3.63) is 109 Å². The molecular weight excluding hydrogens is 573 g/mol. The van der Waals surface area contributed by atoms with E-state index in [-0.39, 0.29) is 47.1 Å². The number of nitrogens with zero attached hydrogens (tertiary/aromatic N) is 6. The fourth-order valence-corrected chi connectivity index (χ4v) is 5.50. The Bertz CT molecular complexity index is 2070. The van der Waals surface area contributed by atoms with Gasteiger partial charge in [-0.15, -0.1) is 0 Å². The molecular formula is C29H20ClF3N6O3. The third-order valence-electron chi connectivity index (χ3n) is 7.20. The van der Waals surface area contributed by atoms with Gasteiger partial charge in [-0.05, 0) is 47.5 Å². The maximum atomic E-state index is 14.2. The van der Waals surface area contributed by atoms with E-state index in [0.29, 0.717) is 27.3 Å². The molecule has 2 aromatic heterocycles. The molecule has 0 saturated carbocycles. The van der Waals surface area contributed by atoms with E-state index >= 15 is 0 Å². The number of fused-ring (bicyclic) bond motifs is 3. The molecule has 0 amide bonds. The van der Waals surface area contributed by atoms with Crippen LogP contribution in [0.25, 0.3) is 22.0 Å². The summed E-state index contributed by atoms with van der Waals surface area (Å²) in [6, 6.07) is 9.96. The minimum Gasteiger partial charge on any atom is -0.492 e.